The van der Waals surface area contributed by atoms with Crippen molar-refractivity contribution in [3.63, 3.8) is 0 Å². The Morgan fingerprint density at radius 1 is 1.36 bits per heavy atom. The fraction of sp³-hybridized carbons (Fsp3) is 0.529. The molecule has 136 valence electrons. The van der Waals surface area contributed by atoms with E-state index >= 15 is 0 Å². The second-order valence-electron chi connectivity index (χ2n) is 6.15. The summed E-state index contributed by atoms with van der Waals surface area (Å²) < 4.78 is 25.5. The molecule has 2 heterocycles. The first-order valence-electron chi connectivity index (χ1n) is 8.53. The first kappa shape index (κ1) is 18.3. The number of fused-ring (bicyclic) bond motifs is 1. The molecule has 1 aromatic heterocycles. The van der Waals surface area contributed by atoms with Crippen LogP contribution >= 0.6 is 11.8 Å². The molecule has 25 heavy (non-hydrogen) atoms. The lowest BCUT2D eigenvalue weighted by atomic mass is 10.2. The van der Waals surface area contributed by atoms with Crippen molar-refractivity contribution < 1.29 is 13.2 Å². The van der Waals surface area contributed by atoms with Gasteiger partial charge >= 0.3 is 0 Å². The van der Waals surface area contributed by atoms with Crippen LogP contribution in [0.2, 0.25) is 0 Å². The molecule has 0 aliphatic carbocycles. The van der Waals surface area contributed by atoms with Gasteiger partial charge in [-0.25, -0.2) is 13.4 Å². The van der Waals surface area contributed by atoms with E-state index in [0.717, 1.165) is 22.7 Å². The summed E-state index contributed by atoms with van der Waals surface area (Å²) in [6.45, 7) is 5.27. The molecule has 1 aliphatic heterocycles. The molecule has 0 radical (unpaired) electrons. The predicted octanol–water partition coefficient (Wildman–Crippen LogP) is 2.18. The number of carbonyl (C=O) groups excluding carboxylic acids is 1. The van der Waals surface area contributed by atoms with Gasteiger partial charge in [-0.2, -0.15) is 0 Å². The minimum absolute atomic E-state index is 0.0238. The summed E-state index contributed by atoms with van der Waals surface area (Å²) in [6, 6.07) is 7.74. The van der Waals surface area contributed by atoms with E-state index in [9.17, 15) is 13.2 Å². The number of hydrogen-bond acceptors (Lipinski definition) is 5. The number of para-hydroxylation sites is 2. The van der Waals surface area contributed by atoms with E-state index in [1.165, 1.54) is 11.8 Å². The quantitative estimate of drug-likeness (QED) is 0.717. The van der Waals surface area contributed by atoms with Gasteiger partial charge in [0, 0.05) is 19.1 Å². The molecule has 1 aromatic carbocycles. The molecule has 8 heteroatoms. The van der Waals surface area contributed by atoms with Crippen molar-refractivity contribution in [2.75, 3.05) is 23.8 Å². The van der Waals surface area contributed by atoms with E-state index in [0.29, 0.717) is 13.0 Å². The Hall–Kier alpha value is -1.54. The molecule has 6 nitrogen and oxygen atoms in total. The van der Waals surface area contributed by atoms with Crippen molar-refractivity contribution in [2.45, 2.75) is 38.0 Å². The van der Waals surface area contributed by atoms with Gasteiger partial charge in [0.25, 0.3) is 0 Å². The standard InChI is InChI=1S/C17H23N3O3S2/c1-3-19(13-9-10-25(22,23)12-13)16(21)11-24-17-18-14-7-5-6-8-15(14)20(17)4-2/h5-8,13H,3-4,9-12H2,1-2H3/t13-/m1/s1. The first-order valence-corrected chi connectivity index (χ1v) is 11.3. The lowest BCUT2D eigenvalue weighted by Crippen LogP contribution is -2.42. The number of hydrogen-bond donors (Lipinski definition) is 0. The van der Waals surface area contributed by atoms with E-state index in [4.69, 9.17) is 0 Å². The zero-order valence-corrected chi connectivity index (χ0v) is 16.1. The highest BCUT2D eigenvalue weighted by atomic mass is 32.2. The van der Waals surface area contributed by atoms with Crippen molar-refractivity contribution in [1.82, 2.24) is 14.5 Å². The third-order valence-electron chi connectivity index (χ3n) is 4.57. The number of carbonyl (C=O) groups is 1. The highest BCUT2D eigenvalue weighted by molar-refractivity contribution is 7.99. The number of sulfone groups is 1. The zero-order valence-electron chi connectivity index (χ0n) is 14.5. The molecule has 1 fully saturated rings. The lowest BCUT2D eigenvalue weighted by molar-refractivity contribution is -0.129. The maximum Gasteiger partial charge on any atom is 0.233 e. The molecule has 1 atom stereocenters. The van der Waals surface area contributed by atoms with Gasteiger partial charge in [-0.1, -0.05) is 23.9 Å². The Balaban J connectivity index is 1.71. The van der Waals surface area contributed by atoms with E-state index < -0.39 is 9.84 Å². The molecular weight excluding hydrogens is 358 g/mol. The van der Waals surface area contributed by atoms with Crippen molar-refractivity contribution in [1.29, 1.82) is 0 Å². The molecule has 2 aromatic rings. The molecule has 0 N–H and O–H groups in total. The van der Waals surface area contributed by atoms with E-state index in [1.54, 1.807) is 4.90 Å². The van der Waals surface area contributed by atoms with Crippen molar-refractivity contribution in [3.05, 3.63) is 24.3 Å². The second-order valence-corrected chi connectivity index (χ2v) is 9.32. The van der Waals surface area contributed by atoms with Gasteiger partial charge in [0.1, 0.15) is 0 Å². The molecule has 1 amide bonds. The minimum Gasteiger partial charge on any atom is -0.338 e. The summed E-state index contributed by atoms with van der Waals surface area (Å²) in [5.74, 6) is 0.517. The average molecular weight is 382 g/mol. The summed E-state index contributed by atoms with van der Waals surface area (Å²) in [4.78, 5) is 19.0. The van der Waals surface area contributed by atoms with Gasteiger partial charge in [0.05, 0.1) is 28.3 Å². The molecule has 1 aliphatic rings. The first-order chi connectivity index (χ1) is 11.9. The number of aryl methyl sites for hydroxylation is 1. The maximum absolute atomic E-state index is 12.6. The normalized spacial score (nSPS) is 19.4. The van der Waals surface area contributed by atoms with E-state index in [-0.39, 0.29) is 29.2 Å². The largest absolute Gasteiger partial charge is 0.338 e. The third-order valence-corrected chi connectivity index (χ3v) is 7.28. The second kappa shape index (κ2) is 7.37. The summed E-state index contributed by atoms with van der Waals surface area (Å²) >= 11 is 1.42. The van der Waals surface area contributed by atoms with Crippen LogP contribution in [-0.4, -0.2) is 58.6 Å². The van der Waals surface area contributed by atoms with E-state index in [1.807, 2.05) is 31.2 Å². The number of nitrogens with zero attached hydrogens (tertiary/aromatic N) is 3. The highest BCUT2D eigenvalue weighted by Gasteiger charge is 2.33. The Morgan fingerprint density at radius 2 is 2.12 bits per heavy atom. The molecular formula is C17H23N3O3S2. The lowest BCUT2D eigenvalue weighted by Gasteiger charge is -2.26. The van der Waals surface area contributed by atoms with Crippen LogP contribution < -0.4 is 0 Å². The van der Waals surface area contributed by atoms with Crippen LogP contribution in [-0.2, 0) is 21.2 Å². The van der Waals surface area contributed by atoms with Gasteiger partial charge in [-0.05, 0) is 32.4 Å². The van der Waals surface area contributed by atoms with Crippen LogP contribution in [0.3, 0.4) is 0 Å². The van der Waals surface area contributed by atoms with Crippen LogP contribution in [0, 0.1) is 0 Å². The molecule has 1 saturated heterocycles. The molecule has 0 bridgehead atoms. The van der Waals surface area contributed by atoms with Crippen LogP contribution in [0.15, 0.2) is 29.4 Å². The van der Waals surface area contributed by atoms with Crippen LogP contribution in [0.4, 0.5) is 0 Å². The monoisotopic (exact) mass is 381 g/mol. The maximum atomic E-state index is 12.6. The van der Waals surface area contributed by atoms with Gasteiger partial charge < -0.3 is 9.47 Å². The SMILES string of the molecule is CCN(C(=O)CSc1nc2ccccc2n1CC)[C@@H]1CCS(=O)(=O)C1. The fourth-order valence-corrected chi connectivity index (χ4v) is 6.03. The van der Waals surface area contributed by atoms with Gasteiger partial charge in [-0.15, -0.1) is 0 Å². The van der Waals surface area contributed by atoms with Crippen molar-refractivity contribution in [2.24, 2.45) is 0 Å². The van der Waals surface area contributed by atoms with Gasteiger partial charge in [0.15, 0.2) is 15.0 Å². The molecule has 3 rings (SSSR count). The zero-order chi connectivity index (χ0) is 18.0. The number of amides is 1. The number of benzene rings is 1. The number of thioether (sulfide) groups is 1. The highest BCUT2D eigenvalue weighted by Crippen LogP contribution is 2.25. The summed E-state index contributed by atoms with van der Waals surface area (Å²) in [6.07, 6.45) is 0.542. The number of rotatable bonds is 6. The molecule has 0 spiro atoms. The minimum atomic E-state index is -3.00. The number of aromatic nitrogens is 2. The van der Waals surface area contributed by atoms with Crippen LogP contribution in [0.25, 0.3) is 11.0 Å². The Labute approximate surface area is 152 Å². The Bertz CT molecular complexity index is 876. The van der Waals surface area contributed by atoms with Crippen molar-refractivity contribution >= 4 is 38.5 Å². The van der Waals surface area contributed by atoms with Crippen LogP contribution in [0.5, 0.6) is 0 Å². The van der Waals surface area contributed by atoms with Gasteiger partial charge in [0.2, 0.25) is 5.91 Å². The smallest absolute Gasteiger partial charge is 0.233 e. The predicted molar refractivity (Wildman–Crippen MR) is 101 cm³/mol. The third kappa shape index (κ3) is 3.84. The molecule has 0 unspecified atom stereocenters. The fourth-order valence-electron chi connectivity index (χ4n) is 3.34. The molecule has 0 saturated carbocycles. The Morgan fingerprint density at radius 3 is 2.76 bits per heavy atom. The van der Waals surface area contributed by atoms with Crippen LogP contribution in [0.1, 0.15) is 20.3 Å². The summed E-state index contributed by atoms with van der Waals surface area (Å²) in [5.41, 5.74) is 1.99. The van der Waals surface area contributed by atoms with Crippen molar-refractivity contribution in [3.8, 4) is 0 Å². The Kier molecular flexibility index (Phi) is 5.38. The summed E-state index contributed by atoms with van der Waals surface area (Å²) in [5, 5.41) is 0.826. The number of imidazole rings is 1. The van der Waals surface area contributed by atoms with E-state index in [2.05, 4.69) is 16.5 Å². The average Bonchev–Trinajstić information content (AvgIpc) is 3.13. The van der Waals surface area contributed by atoms with Gasteiger partial charge in [-0.3, -0.25) is 4.79 Å². The topological polar surface area (TPSA) is 72.3 Å². The summed E-state index contributed by atoms with van der Waals surface area (Å²) in [7, 11) is -3.00.